The van der Waals surface area contributed by atoms with E-state index >= 15 is 0 Å². The number of hydrogen-bond donors (Lipinski definition) is 3. The van der Waals surface area contributed by atoms with Gasteiger partial charge in [-0.15, -0.1) is 0 Å². The normalized spacial score (nSPS) is 11.7. The molecule has 0 saturated heterocycles. The zero-order chi connectivity index (χ0) is 25.3. The van der Waals surface area contributed by atoms with E-state index in [2.05, 4.69) is 22.9 Å². The summed E-state index contributed by atoms with van der Waals surface area (Å²) in [6.07, 6.45) is 23.5. The standard InChI is InChI=1S/C28H55N3O3/c1-4-5-6-7-8-9-10-11-12-13-14-15-16-17-18-20-24-30-28(34)27(31-26(3)33)22-19-21-23-29-25(2)32/h27H,4-24H2,1-3H3,(H,29,32)(H,30,34)(H,31,33). The van der Waals surface area contributed by atoms with Crippen LogP contribution >= 0.6 is 0 Å². The molecule has 34 heavy (non-hydrogen) atoms. The van der Waals surface area contributed by atoms with Crippen molar-refractivity contribution in [3.8, 4) is 0 Å². The van der Waals surface area contributed by atoms with E-state index in [1.165, 1.54) is 104 Å². The third-order valence-corrected chi connectivity index (χ3v) is 6.32. The molecular formula is C28H55N3O3. The second-order valence-corrected chi connectivity index (χ2v) is 9.83. The van der Waals surface area contributed by atoms with E-state index in [0.29, 0.717) is 19.5 Å². The third kappa shape index (κ3) is 23.6. The van der Waals surface area contributed by atoms with Crippen LogP contribution in [0.15, 0.2) is 0 Å². The van der Waals surface area contributed by atoms with Gasteiger partial charge in [-0.25, -0.2) is 0 Å². The number of nitrogens with one attached hydrogen (secondary N) is 3. The minimum atomic E-state index is -0.490. The lowest BCUT2D eigenvalue weighted by Gasteiger charge is -2.17. The molecule has 0 radical (unpaired) electrons. The predicted octanol–water partition coefficient (Wildman–Crippen LogP) is 6.18. The van der Waals surface area contributed by atoms with Crippen molar-refractivity contribution in [3.05, 3.63) is 0 Å². The molecule has 3 amide bonds. The van der Waals surface area contributed by atoms with Gasteiger partial charge in [0.1, 0.15) is 6.04 Å². The van der Waals surface area contributed by atoms with Gasteiger partial charge >= 0.3 is 0 Å². The number of hydrogen-bond acceptors (Lipinski definition) is 3. The Bertz CT molecular complexity index is 511. The topological polar surface area (TPSA) is 87.3 Å². The molecule has 0 heterocycles. The first-order chi connectivity index (χ1) is 16.5. The molecule has 0 rings (SSSR count). The maximum Gasteiger partial charge on any atom is 0.242 e. The molecule has 200 valence electrons. The molecule has 0 aliphatic rings. The molecule has 0 fully saturated rings. The molecule has 1 unspecified atom stereocenters. The number of carbonyl (C=O) groups is 3. The van der Waals surface area contributed by atoms with Gasteiger partial charge in [0, 0.05) is 26.9 Å². The van der Waals surface area contributed by atoms with E-state index in [4.69, 9.17) is 0 Å². The summed E-state index contributed by atoms with van der Waals surface area (Å²) in [4.78, 5) is 34.7. The van der Waals surface area contributed by atoms with Gasteiger partial charge in [0.05, 0.1) is 0 Å². The van der Waals surface area contributed by atoms with E-state index in [0.717, 1.165) is 25.7 Å². The van der Waals surface area contributed by atoms with Crippen LogP contribution in [0, 0.1) is 0 Å². The molecule has 3 N–H and O–H groups in total. The summed E-state index contributed by atoms with van der Waals surface area (Å²) in [6, 6.07) is -0.490. The molecule has 0 aromatic heterocycles. The highest BCUT2D eigenvalue weighted by atomic mass is 16.2. The van der Waals surface area contributed by atoms with Crippen molar-refractivity contribution in [3.63, 3.8) is 0 Å². The van der Waals surface area contributed by atoms with Gasteiger partial charge in [-0.05, 0) is 25.7 Å². The van der Waals surface area contributed by atoms with Crippen molar-refractivity contribution in [2.45, 2.75) is 149 Å². The summed E-state index contributed by atoms with van der Waals surface area (Å²) in [5.74, 6) is -0.338. The fourth-order valence-electron chi connectivity index (χ4n) is 4.26. The molecule has 0 aliphatic heterocycles. The van der Waals surface area contributed by atoms with Gasteiger partial charge in [0.2, 0.25) is 17.7 Å². The van der Waals surface area contributed by atoms with Crippen LogP contribution in [0.1, 0.15) is 143 Å². The first-order valence-electron chi connectivity index (χ1n) is 14.3. The number of carbonyl (C=O) groups excluding carboxylic acids is 3. The summed E-state index contributed by atoms with van der Waals surface area (Å²) in [5.41, 5.74) is 0. The molecule has 0 aromatic carbocycles. The minimum absolute atomic E-state index is 0.0463. The van der Waals surface area contributed by atoms with Crippen LogP contribution in [0.4, 0.5) is 0 Å². The lowest BCUT2D eigenvalue weighted by Crippen LogP contribution is -2.46. The monoisotopic (exact) mass is 481 g/mol. The van der Waals surface area contributed by atoms with Crippen molar-refractivity contribution in [1.29, 1.82) is 0 Å². The second-order valence-electron chi connectivity index (χ2n) is 9.83. The van der Waals surface area contributed by atoms with Gasteiger partial charge in [-0.3, -0.25) is 14.4 Å². The molecule has 0 spiro atoms. The molecule has 6 heteroatoms. The molecule has 0 aromatic rings. The first-order valence-corrected chi connectivity index (χ1v) is 14.3. The average molecular weight is 482 g/mol. The van der Waals surface area contributed by atoms with Gasteiger partial charge in [0.25, 0.3) is 0 Å². The smallest absolute Gasteiger partial charge is 0.242 e. The summed E-state index contributed by atoms with van der Waals surface area (Å²) < 4.78 is 0. The van der Waals surface area contributed by atoms with Gasteiger partial charge in [-0.1, -0.05) is 103 Å². The quantitative estimate of drug-likeness (QED) is 0.144. The van der Waals surface area contributed by atoms with Crippen molar-refractivity contribution in [2.75, 3.05) is 13.1 Å². The highest BCUT2D eigenvalue weighted by molar-refractivity contribution is 5.86. The zero-order valence-corrected chi connectivity index (χ0v) is 22.7. The summed E-state index contributed by atoms with van der Waals surface area (Å²) in [5, 5.41) is 8.47. The maximum absolute atomic E-state index is 12.4. The van der Waals surface area contributed by atoms with Gasteiger partial charge < -0.3 is 16.0 Å². The average Bonchev–Trinajstić information content (AvgIpc) is 2.79. The summed E-state index contributed by atoms with van der Waals surface area (Å²) >= 11 is 0. The van der Waals surface area contributed by atoms with Crippen LogP contribution in [-0.4, -0.2) is 36.9 Å². The Labute approximate surface area is 210 Å². The lowest BCUT2D eigenvalue weighted by molar-refractivity contribution is -0.128. The van der Waals surface area contributed by atoms with E-state index < -0.39 is 6.04 Å². The number of amides is 3. The highest BCUT2D eigenvalue weighted by Crippen LogP contribution is 2.13. The molecule has 6 nitrogen and oxygen atoms in total. The fourth-order valence-corrected chi connectivity index (χ4v) is 4.26. The van der Waals surface area contributed by atoms with E-state index in [1.54, 1.807) is 0 Å². The van der Waals surface area contributed by atoms with Gasteiger partial charge in [-0.2, -0.15) is 0 Å². The van der Waals surface area contributed by atoms with Crippen LogP contribution in [0.5, 0.6) is 0 Å². The van der Waals surface area contributed by atoms with E-state index in [9.17, 15) is 14.4 Å². The van der Waals surface area contributed by atoms with Crippen LogP contribution in [0.25, 0.3) is 0 Å². The fraction of sp³-hybridized carbons (Fsp3) is 0.893. The Morgan fingerprint density at radius 2 is 0.941 bits per heavy atom. The van der Waals surface area contributed by atoms with E-state index in [-0.39, 0.29) is 17.7 Å². The second kappa shape index (κ2) is 24.5. The first kappa shape index (κ1) is 32.4. The van der Waals surface area contributed by atoms with Crippen molar-refractivity contribution < 1.29 is 14.4 Å². The molecule has 1 atom stereocenters. The maximum atomic E-state index is 12.4. The summed E-state index contributed by atoms with van der Waals surface area (Å²) in [7, 11) is 0. The van der Waals surface area contributed by atoms with Crippen molar-refractivity contribution in [2.24, 2.45) is 0 Å². The lowest BCUT2D eigenvalue weighted by atomic mass is 10.0. The van der Waals surface area contributed by atoms with E-state index in [1.807, 2.05) is 0 Å². The summed E-state index contributed by atoms with van der Waals surface area (Å²) in [6.45, 7) is 6.47. The van der Waals surface area contributed by atoms with Crippen LogP contribution in [-0.2, 0) is 14.4 Å². The van der Waals surface area contributed by atoms with Crippen molar-refractivity contribution in [1.82, 2.24) is 16.0 Å². The number of rotatable bonds is 24. The Balaban J connectivity index is 3.58. The predicted molar refractivity (Wildman–Crippen MR) is 143 cm³/mol. The molecule has 0 bridgehead atoms. The van der Waals surface area contributed by atoms with Crippen LogP contribution in [0.2, 0.25) is 0 Å². The minimum Gasteiger partial charge on any atom is -0.356 e. The number of unbranched alkanes of at least 4 members (excludes halogenated alkanes) is 16. The largest absolute Gasteiger partial charge is 0.356 e. The SMILES string of the molecule is CCCCCCCCCCCCCCCCCCNC(=O)C(CCCCNC(C)=O)NC(C)=O. The molecule has 0 aliphatic carbocycles. The Kier molecular flexibility index (Phi) is 23.4. The van der Waals surface area contributed by atoms with Crippen LogP contribution in [0.3, 0.4) is 0 Å². The van der Waals surface area contributed by atoms with Gasteiger partial charge in [0.15, 0.2) is 0 Å². The Morgan fingerprint density at radius 3 is 1.38 bits per heavy atom. The molecular weight excluding hydrogens is 426 g/mol. The zero-order valence-electron chi connectivity index (χ0n) is 22.7. The Hall–Kier alpha value is -1.59. The Morgan fingerprint density at radius 1 is 0.529 bits per heavy atom. The highest BCUT2D eigenvalue weighted by Gasteiger charge is 2.18. The van der Waals surface area contributed by atoms with Crippen molar-refractivity contribution >= 4 is 17.7 Å². The third-order valence-electron chi connectivity index (χ3n) is 6.32. The van der Waals surface area contributed by atoms with Crippen LogP contribution < -0.4 is 16.0 Å². The molecule has 0 saturated carbocycles.